The largest absolute Gasteiger partial charge is 0.456 e. The van der Waals surface area contributed by atoms with Crippen molar-refractivity contribution in [2.45, 2.75) is 45.3 Å². The molecule has 5 rings (SSSR count). The van der Waals surface area contributed by atoms with Crippen molar-refractivity contribution in [3.8, 4) is 0 Å². The summed E-state index contributed by atoms with van der Waals surface area (Å²) in [6, 6.07) is 11.5. The van der Waals surface area contributed by atoms with Gasteiger partial charge in [0, 0.05) is 23.5 Å². The lowest BCUT2D eigenvalue weighted by Gasteiger charge is -2.06. The zero-order valence-electron chi connectivity index (χ0n) is 18.0. The predicted octanol–water partition coefficient (Wildman–Crippen LogP) is 4.08. The van der Waals surface area contributed by atoms with E-state index in [1.54, 1.807) is 18.4 Å². The molecule has 0 spiro atoms. The van der Waals surface area contributed by atoms with E-state index in [1.165, 1.54) is 11.3 Å². The first-order valence-corrected chi connectivity index (χ1v) is 11.6. The summed E-state index contributed by atoms with van der Waals surface area (Å²) in [6.07, 6.45) is 2.29. The van der Waals surface area contributed by atoms with E-state index in [9.17, 15) is 9.59 Å². The standard InChI is InChI=1S/C24H22N4O4S/c1-14-22-18(9-19(16-7-8-16)27-23(22)32-28-14)24(30)31-12-17-13-33-21(26-17)10-20(29)25-11-15-5-3-2-4-6-15/h2-6,9,13,16H,7-8,10-12H2,1H3,(H,25,29). The molecule has 0 radical (unpaired) electrons. The van der Waals surface area contributed by atoms with E-state index in [4.69, 9.17) is 9.26 Å². The van der Waals surface area contributed by atoms with E-state index in [0.29, 0.717) is 45.5 Å². The van der Waals surface area contributed by atoms with Crippen molar-refractivity contribution in [1.29, 1.82) is 0 Å². The minimum atomic E-state index is -0.467. The number of aryl methyl sites for hydroxylation is 1. The molecule has 9 heteroatoms. The average molecular weight is 463 g/mol. The molecule has 0 atom stereocenters. The first-order valence-electron chi connectivity index (χ1n) is 10.7. The van der Waals surface area contributed by atoms with Crippen LogP contribution >= 0.6 is 11.3 Å². The fraction of sp³-hybridized carbons (Fsp3) is 0.292. The number of nitrogens with zero attached hydrogens (tertiary/aromatic N) is 3. The number of hydrogen-bond donors (Lipinski definition) is 1. The number of nitrogens with one attached hydrogen (secondary N) is 1. The molecule has 1 aliphatic carbocycles. The van der Waals surface area contributed by atoms with Crippen LogP contribution in [0, 0.1) is 6.92 Å². The molecule has 0 saturated heterocycles. The van der Waals surface area contributed by atoms with Crippen LogP contribution in [0.1, 0.15) is 56.8 Å². The van der Waals surface area contributed by atoms with Crippen molar-refractivity contribution >= 4 is 34.3 Å². The van der Waals surface area contributed by atoms with Crippen LogP contribution < -0.4 is 5.32 Å². The normalized spacial score (nSPS) is 13.2. The van der Waals surface area contributed by atoms with Crippen LogP contribution in [-0.4, -0.2) is 27.0 Å². The summed E-state index contributed by atoms with van der Waals surface area (Å²) in [7, 11) is 0. The van der Waals surface area contributed by atoms with E-state index >= 15 is 0 Å². The van der Waals surface area contributed by atoms with Crippen LogP contribution in [0.4, 0.5) is 0 Å². The number of benzene rings is 1. The number of hydrogen-bond acceptors (Lipinski definition) is 8. The van der Waals surface area contributed by atoms with Crippen LogP contribution in [0.3, 0.4) is 0 Å². The Morgan fingerprint density at radius 1 is 1.21 bits per heavy atom. The lowest BCUT2D eigenvalue weighted by Crippen LogP contribution is -2.24. The molecule has 33 heavy (non-hydrogen) atoms. The number of carbonyl (C=O) groups excluding carboxylic acids is 2. The summed E-state index contributed by atoms with van der Waals surface area (Å²) in [5.41, 5.74) is 3.86. The summed E-state index contributed by atoms with van der Waals surface area (Å²) in [6.45, 7) is 2.27. The zero-order chi connectivity index (χ0) is 22.8. The number of esters is 1. The highest BCUT2D eigenvalue weighted by Gasteiger charge is 2.29. The van der Waals surface area contributed by atoms with Gasteiger partial charge in [-0.2, -0.15) is 0 Å². The van der Waals surface area contributed by atoms with E-state index in [2.05, 4.69) is 20.4 Å². The Kier molecular flexibility index (Phi) is 5.87. The number of carbonyl (C=O) groups is 2. The highest BCUT2D eigenvalue weighted by molar-refractivity contribution is 7.09. The van der Waals surface area contributed by atoms with Crippen molar-refractivity contribution in [1.82, 2.24) is 20.4 Å². The van der Waals surface area contributed by atoms with Gasteiger partial charge >= 0.3 is 5.97 Å². The second-order valence-corrected chi connectivity index (χ2v) is 9.01. The summed E-state index contributed by atoms with van der Waals surface area (Å²) < 4.78 is 10.8. The highest BCUT2D eigenvalue weighted by atomic mass is 32.1. The molecule has 0 unspecified atom stereocenters. The van der Waals surface area contributed by atoms with Gasteiger partial charge in [0.05, 0.1) is 28.8 Å². The molecule has 3 aromatic heterocycles. The Morgan fingerprint density at radius 3 is 2.82 bits per heavy atom. The van der Waals surface area contributed by atoms with E-state index in [-0.39, 0.29) is 18.9 Å². The minimum absolute atomic E-state index is 0.0217. The molecule has 1 amide bonds. The highest BCUT2D eigenvalue weighted by Crippen LogP contribution is 2.40. The van der Waals surface area contributed by atoms with Crippen LogP contribution in [0.15, 0.2) is 46.3 Å². The second kappa shape index (κ2) is 9.11. The predicted molar refractivity (Wildman–Crippen MR) is 122 cm³/mol. The Morgan fingerprint density at radius 2 is 2.03 bits per heavy atom. The molecule has 1 saturated carbocycles. The molecule has 4 aromatic rings. The lowest BCUT2D eigenvalue weighted by molar-refractivity contribution is -0.120. The lowest BCUT2D eigenvalue weighted by atomic mass is 10.1. The Labute approximate surface area is 194 Å². The molecule has 8 nitrogen and oxygen atoms in total. The van der Waals surface area contributed by atoms with Gasteiger partial charge in [-0.05, 0) is 31.4 Å². The Bertz CT molecular complexity index is 1310. The third kappa shape index (κ3) is 4.93. The fourth-order valence-corrected chi connectivity index (χ4v) is 4.35. The molecular weight excluding hydrogens is 440 g/mol. The van der Waals surface area contributed by atoms with Crippen LogP contribution in [-0.2, 0) is 29.1 Å². The topological polar surface area (TPSA) is 107 Å². The van der Waals surface area contributed by atoms with Gasteiger partial charge in [-0.15, -0.1) is 11.3 Å². The maximum absolute atomic E-state index is 12.9. The smallest absolute Gasteiger partial charge is 0.339 e. The maximum atomic E-state index is 12.9. The summed E-state index contributed by atoms with van der Waals surface area (Å²) in [4.78, 5) is 34.0. The molecule has 1 N–H and O–H groups in total. The molecular formula is C24H22N4O4S. The van der Waals surface area contributed by atoms with E-state index in [1.807, 2.05) is 30.3 Å². The monoisotopic (exact) mass is 462 g/mol. The first-order chi connectivity index (χ1) is 16.1. The third-order valence-electron chi connectivity index (χ3n) is 5.45. The van der Waals surface area contributed by atoms with Crippen molar-refractivity contribution in [2.24, 2.45) is 0 Å². The third-order valence-corrected chi connectivity index (χ3v) is 6.34. The number of ether oxygens (including phenoxy) is 1. The number of fused-ring (bicyclic) bond motifs is 1. The molecule has 1 aliphatic rings. The van der Waals surface area contributed by atoms with Crippen molar-refractivity contribution in [2.75, 3.05) is 0 Å². The van der Waals surface area contributed by atoms with Gasteiger partial charge in [0.1, 0.15) is 11.6 Å². The van der Waals surface area contributed by atoms with E-state index in [0.717, 1.165) is 24.1 Å². The average Bonchev–Trinajstić information content (AvgIpc) is 3.49. The number of pyridine rings is 1. The van der Waals surface area contributed by atoms with Gasteiger partial charge in [0.2, 0.25) is 5.91 Å². The van der Waals surface area contributed by atoms with Gasteiger partial charge < -0.3 is 14.6 Å². The summed E-state index contributed by atoms with van der Waals surface area (Å²) in [5.74, 6) is -0.210. The summed E-state index contributed by atoms with van der Waals surface area (Å²) in [5, 5.41) is 9.89. The van der Waals surface area contributed by atoms with Crippen LogP contribution in [0.25, 0.3) is 11.1 Å². The van der Waals surface area contributed by atoms with Gasteiger partial charge in [-0.3, -0.25) is 4.79 Å². The molecule has 3 heterocycles. The van der Waals surface area contributed by atoms with Gasteiger partial charge in [-0.25, -0.2) is 14.8 Å². The van der Waals surface area contributed by atoms with E-state index < -0.39 is 5.97 Å². The quantitative estimate of drug-likeness (QED) is 0.393. The first kappa shape index (κ1) is 21.3. The van der Waals surface area contributed by atoms with Gasteiger partial charge in [0.25, 0.3) is 5.71 Å². The SMILES string of the molecule is Cc1noc2nc(C3CC3)cc(C(=O)OCc3csc(CC(=O)NCc4ccccc4)n3)c12. The number of amides is 1. The van der Waals surface area contributed by atoms with Crippen molar-refractivity contribution < 1.29 is 18.8 Å². The van der Waals surface area contributed by atoms with Gasteiger partial charge in [-0.1, -0.05) is 35.5 Å². The van der Waals surface area contributed by atoms with Crippen molar-refractivity contribution in [3.63, 3.8) is 0 Å². The maximum Gasteiger partial charge on any atom is 0.339 e. The molecule has 168 valence electrons. The molecule has 1 aromatic carbocycles. The second-order valence-electron chi connectivity index (χ2n) is 8.06. The zero-order valence-corrected chi connectivity index (χ0v) is 18.9. The number of aromatic nitrogens is 3. The Balaban J connectivity index is 1.20. The van der Waals surface area contributed by atoms with Crippen molar-refractivity contribution in [3.05, 3.63) is 75.0 Å². The van der Waals surface area contributed by atoms with Gasteiger partial charge in [0.15, 0.2) is 0 Å². The summed E-state index contributed by atoms with van der Waals surface area (Å²) >= 11 is 1.37. The fourth-order valence-electron chi connectivity index (χ4n) is 3.57. The minimum Gasteiger partial charge on any atom is -0.456 e. The number of rotatable bonds is 8. The Hall–Kier alpha value is -3.59. The molecule has 1 fully saturated rings. The van der Waals surface area contributed by atoms with Crippen LogP contribution in [0.5, 0.6) is 0 Å². The molecule has 0 bridgehead atoms. The van der Waals surface area contributed by atoms with Crippen LogP contribution in [0.2, 0.25) is 0 Å². The molecule has 0 aliphatic heterocycles. The number of thiazole rings is 1.